The quantitative estimate of drug-likeness (QED) is 0.463. The number of piperazine rings is 1. The molecule has 0 bridgehead atoms. The standard InChI is InChI=1S/C21H28N6O4S.C4H7NO/c28-19(27-9-11-32(30,31)12-10-27)14-25-5-7-26(8-6-25)17-13-18(24-21(29)15-1-2-15)23-20-16(17)3-4-22-20;5-4(6)3-1-2-3/h3-4,13,15H,1-2,5-12,14H2,(H2,22,23,24,29);3H,1-2H2,(H2,5,6). The minimum atomic E-state index is -2.99. The Kier molecular flexibility index (Phi) is 7.57. The lowest BCUT2D eigenvalue weighted by molar-refractivity contribution is -0.132. The highest BCUT2D eigenvalue weighted by atomic mass is 32.2. The van der Waals surface area contributed by atoms with Gasteiger partial charge in [0.15, 0.2) is 9.84 Å². The van der Waals surface area contributed by atoms with Crippen molar-refractivity contribution in [3.05, 3.63) is 18.3 Å². The van der Waals surface area contributed by atoms with Crippen LogP contribution in [-0.2, 0) is 24.2 Å². The van der Waals surface area contributed by atoms with Crippen molar-refractivity contribution in [3.8, 4) is 0 Å². The van der Waals surface area contributed by atoms with Gasteiger partial charge >= 0.3 is 0 Å². The molecule has 206 valence electrons. The number of anilines is 2. The molecule has 2 aliphatic carbocycles. The third kappa shape index (κ3) is 6.62. The lowest BCUT2D eigenvalue weighted by Gasteiger charge is -2.37. The van der Waals surface area contributed by atoms with E-state index in [1.807, 2.05) is 18.3 Å². The fourth-order valence-electron chi connectivity index (χ4n) is 4.69. The molecule has 0 spiro atoms. The van der Waals surface area contributed by atoms with E-state index in [0.29, 0.717) is 25.5 Å². The molecular weight excluding hydrogens is 510 g/mol. The molecule has 2 aromatic heterocycles. The number of hydrogen-bond donors (Lipinski definition) is 3. The SMILES string of the molecule is NC(=O)C1CC1.O=C(Nc1cc(N2CCN(CC(=O)N3CCS(=O)(=O)CC3)CC2)c2cc[nH]c2n1)C1CC1. The Bertz CT molecular complexity index is 1300. The summed E-state index contributed by atoms with van der Waals surface area (Å²) >= 11 is 0. The van der Waals surface area contributed by atoms with E-state index in [2.05, 4.69) is 25.1 Å². The van der Waals surface area contributed by atoms with Gasteiger partial charge in [0.25, 0.3) is 0 Å². The first kappa shape index (κ1) is 26.4. The molecule has 2 aliphatic heterocycles. The van der Waals surface area contributed by atoms with E-state index < -0.39 is 9.84 Å². The maximum absolute atomic E-state index is 12.6. The predicted octanol–water partition coefficient (Wildman–Crippen LogP) is 0.172. The average molecular weight is 546 g/mol. The van der Waals surface area contributed by atoms with Crippen molar-refractivity contribution in [1.82, 2.24) is 19.8 Å². The Hall–Kier alpha value is -3.19. The molecule has 4 aliphatic rings. The number of rotatable bonds is 6. The zero-order chi connectivity index (χ0) is 26.9. The summed E-state index contributed by atoms with van der Waals surface area (Å²) in [5.74, 6) is 0.922. The molecule has 2 saturated carbocycles. The van der Waals surface area contributed by atoms with E-state index >= 15 is 0 Å². The van der Waals surface area contributed by atoms with E-state index in [9.17, 15) is 22.8 Å². The number of carbonyl (C=O) groups excluding carboxylic acids is 3. The van der Waals surface area contributed by atoms with Gasteiger partial charge in [-0.1, -0.05) is 0 Å². The number of nitrogens with one attached hydrogen (secondary N) is 2. The van der Waals surface area contributed by atoms with E-state index in [-0.39, 0.29) is 41.1 Å². The van der Waals surface area contributed by atoms with E-state index in [1.165, 1.54) is 0 Å². The average Bonchev–Trinajstić information content (AvgIpc) is 3.81. The molecule has 3 amide bonds. The second-order valence-corrected chi connectivity index (χ2v) is 12.8. The third-order valence-electron chi connectivity index (χ3n) is 7.45. The highest BCUT2D eigenvalue weighted by Crippen LogP contribution is 2.32. The van der Waals surface area contributed by atoms with Gasteiger partial charge in [0.05, 0.1) is 23.7 Å². The number of nitrogens with two attached hydrogens (primary N) is 1. The topological polar surface area (TPSA) is 162 Å². The number of aromatic nitrogens is 2. The molecule has 6 rings (SSSR count). The number of carbonyl (C=O) groups is 3. The highest BCUT2D eigenvalue weighted by molar-refractivity contribution is 7.91. The van der Waals surface area contributed by atoms with E-state index in [1.54, 1.807) is 4.90 Å². The second-order valence-electron chi connectivity index (χ2n) is 10.5. The van der Waals surface area contributed by atoms with Crippen LogP contribution in [-0.4, -0.2) is 103 Å². The molecule has 38 heavy (non-hydrogen) atoms. The summed E-state index contributed by atoms with van der Waals surface area (Å²) in [6.07, 6.45) is 5.78. The van der Waals surface area contributed by atoms with Gasteiger partial charge in [0.1, 0.15) is 11.5 Å². The molecule has 0 unspecified atom stereocenters. The molecule has 0 aromatic carbocycles. The van der Waals surface area contributed by atoms with Gasteiger partial charge < -0.3 is 25.8 Å². The van der Waals surface area contributed by atoms with Crippen molar-refractivity contribution in [2.75, 3.05) is 67.5 Å². The minimum absolute atomic E-state index is 0.00430. The monoisotopic (exact) mass is 545 g/mol. The smallest absolute Gasteiger partial charge is 0.236 e. The number of pyridine rings is 1. The Morgan fingerprint density at radius 3 is 2.24 bits per heavy atom. The molecule has 4 heterocycles. The lowest BCUT2D eigenvalue weighted by Crippen LogP contribution is -2.52. The number of fused-ring (bicyclic) bond motifs is 1. The van der Waals surface area contributed by atoms with Crippen LogP contribution in [0.3, 0.4) is 0 Å². The van der Waals surface area contributed by atoms with Crippen molar-refractivity contribution in [2.24, 2.45) is 17.6 Å². The fourth-order valence-corrected chi connectivity index (χ4v) is 5.89. The lowest BCUT2D eigenvalue weighted by atomic mass is 10.2. The van der Waals surface area contributed by atoms with Crippen molar-refractivity contribution >= 4 is 50.1 Å². The van der Waals surface area contributed by atoms with Crippen LogP contribution >= 0.6 is 0 Å². The summed E-state index contributed by atoms with van der Waals surface area (Å²) < 4.78 is 23.2. The Labute approximate surface area is 221 Å². The maximum atomic E-state index is 12.6. The Balaban J connectivity index is 0.000000433. The summed E-state index contributed by atoms with van der Waals surface area (Å²) in [4.78, 5) is 48.5. The van der Waals surface area contributed by atoms with Gasteiger partial charge in [-0.15, -0.1) is 0 Å². The van der Waals surface area contributed by atoms with Gasteiger partial charge in [-0.2, -0.15) is 0 Å². The number of H-pyrrole nitrogens is 1. The van der Waals surface area contributed by atoms with Crippen molar-refractivity contribution in [3.63, 3.8) is 0 Å². The van der Waals surface area contributed by atoms with Gasteiger partial charge in [-0.3, -0.25) is 19.3 Å². The van der Waals surface area contributed by atoms with Crippen LogP contribution in [0, 0.1) is 11.8 Å². The van der Waals surface area contributed by atoms with E-state index in [4.69, 9.17) is 5.73 Å². The largest absolute Gasteiger partial charge is 0.369 e. The molecule has 12 nitrogen and oxygen atoms in total. The van der Waals surface area contributed by atoms with Gasteiger partial charge in [0, 0.05) is 68.8 Å². The first-order valence-electron chi connectivity index (χ1n) is 13.2. The summed E-state index contributed by atoms with van der Waals surface area (Å²) in [5, 5.41) is 3.95. The van der Waals surface area contributed by atoms with Crippen LogP contribution in [0.25, 0.3) is 11.0 Å². The second kappa shape index (κ2) is 10.9. The summed E-state index contributed by atoms with van der Waals surface area (Å²) in [6, 6.07) is 3.93. The van der Waals surface area contributed by atoms with Crippen molar-refractivity contribution < 1.29 is 22.8 Å². The zero-order valence-electron chi connectivity index (χ0n) is 21.4. The van der Waals surface area contributed by atoms with Crippen LogP contribution in [0.2, 0.25) is 0 Å². The molecule has 4 N–H and O–H groups in total. The summed E-state index contributed by atoms with van der Waals surface area (Å²) in [6.45, 7) is 3.86. The van der Waals surface area contributed by atoms with Crippen LogP contribution in [0.5, 0.6) is 0 Å². The number of nitrogens with zero attached hydrogens (tertiary/aromatic N) is 4. The van der Waals surface area contributed by atoms with Crippen molar-refractivity contribution in [1.29, 1.82) is 0 Å². The number of sulfone groups is 1. The number of primary amides is 1. The van der Waals surface area contributed by atoms with Crippen LogP contribution in [0.4, 0.5) is 11.5 Å². The van der Waals surface area contributed by atoms with Gasteiger partial charge in [0.2, 0.25) is 17.7 Å². The first-order valence-corrected chi connectivity index (χ1v) is 15.0. The zero-order valence-corrected chi connectivity index (χ0v) is 22.2. The summed E-state index contributed by atoms with van der Waals surface area (Å²) in [5.41, 5.74) is 6.62. The Morgan fingerprint density at radius 2 is 1.66 bits per heavy atom. The van der Waals surface area contributed by atoms with Crippen LogP contribution in [0.15, 0.2) is 18.3 Å². The maximum Gasteiger partial charge on any atom is 0.236 e. The number of amides is 3. The molecule has 0 atom stereocenters. The Morgan fingerprint density at radius 1 is 1.00 bits per heavy atom. The fraction of sp³-hybridized carbons (Fsp3) is 0.600. The molecular formula is C25H35N7O5S. The van der Waals surface area contributed by atoms with Crippen molar-refractivity contribution in [2.45, 2.75) is 25.7 Å². The summed E-state index contributed by atoms with van der Waals surface area (Å²) in [7, 11) is -2.99. The minimum Gasteiger partial charge on any atom is -0.369 e. The molecule has 13 heteroatoms. The highest BCUT2D eigenvalue weighted by Gasteiger charge is 2.31. The molecule has 4 fully saturated rings. The predicted molar refractivity (Wildman–Crippen MR) is 143 cm³/mol. The van der Waals surface area contributed by atoms with Crippen LogP contribution < -0.4 is 16.0 Å². The normalized spacial score (nSPS) is 21.5. The number of hydrogen-bond acceptors (Lipinski definition) is 8. The molecule has 2 aromatic rings. The molecule has 0 radical (unpaired) electrons. The van der Waals surface area contributed by atoms with Gasteiger partial charge in [-0.25, -0.2) is 13.4 Å². The van der Waals surface area contributed by atoms with Crippen LogP contribution in [0.1, 0.15) is 25.7 Å². The molecule has 2 saturated heterocycles. The number of aromatic amines is 1. The van der Waals surface area contributed by atoms with Gasteiger partial charge in [-0.05, 0) is 31.7 Å². The first-order chi connectivity index (χ1) is 18.2. The third-order valence-corrected chi connectivity index (χ3v) is 9.06. The van der Waals surface area contributed by atoms with E-state index in [0.717, 1.165) is 68.6 Å².